The Kier molecular flexibility index (Phi) is 7.48. The molecule has 0 saturated carbocycles. The van der Waals surface area contributed by atoms with Crippen LogP contribution < -0.4 is 0 Å². The Morgan fingerprint density at radius 2 is 0.885 bits per heavy atom. The summed E-state index contributed by atoms with van der Waals surface area (Å²) in [6.07, 6.45) is 3.79. The molecule has 4 nitrogen and oxygen atoms in total. The van der Waals surface area contributed by atoms with Crippen LogP contribution in [0.15, 0.2) is 168 Å². The van der Waals surface area contributed by atoms with Gasteiger partial charge in [-0.1, -0.05) is 103 Å². The summed E-state index contributed by atoms with van der Waals surface area (Å²) in [5.74, 6) is 0. The Labute approximate surface area is 308 Å². The van der Waals surface area contributed by atoms with Crippen LogP contribution in [0.5, 0.6) is 0 Å². The highest BCUT2D eigenvalue weighted by Crippen LogP contribution is 2.45. The highest BCUT2D eigenvalue weighted by atomic mass is 32.1. The fourth-order valence-corrected chi connectivity index (χ4v) is 8.51. The SMILES string of the molecule is c1ccc2c(-c3ccc(-c4ccc5c(-c6cc(-c7cscn7)ccn6)c6ccccc6c(-c6cc(-c7cscn7)ccn6)c5c4)cc3)cccc2c1. The van der Waals surface area contributed by atoms with Gasteiger partial charge in [0, 0.05) is 45.4 Å². The fraction of sp³-hybridized carbons (Fsp3) is 0. The van der Waals surface area contributed by atoms with Crippen LogP contribution >= 0.6 is 22.7 Å². The molecule has 0 aliphatic carbocycles. The van der Waals surface area contributed by atoms with Crippen molar-refractivity contribution in [3.63, 3.8) is 0 Å². The summed E-state index contributed by atoms with van der Waals surface area (Å²) in [7, 11) is 0. The molecule has 10 rings (SSSR count). The maximum absolute atomic E-state index is 5.00. The number of aromatic nitrogens is 4. The van der Waals surface area contributed by atoms with E-state index in [1.807, 2.05) is 35.5 Å². The van der Waals surface area contributed by atoms with Gasteiger partial charge in [-0.2, -0.15) is 0 Å². The molecule has 6 aromatic carbocycles. The van der Waals surface area contributed by atoms with Gasteiger partial charge in [0.2, 0.25) is 0 Å². The van der Waals surface area contributed by atoms with E-state index in [0.29, 0.717) is 0 Å². The van der Waals surface area contributed by atoms with Gasteiger partial charge in [-0.05, 0) is 84.9 Å². The van der Waals surface area contributed by atoms with Gasteiger partial charge in [-0.3, -0.25) is 9.97 Å². The van der Waals surface area contributed by atoms with Gasteiger partial charge < -0.3 is 0 Å². The molecule has 244 valence electrons. The molecule has 0 N–H and O–H groups in total. The topological polar surface area (TPSA) is 51.6 Å². The molecule has 0 fully saturated rings. The third kappa shape index (κ3) is 5.28. The molecular weight excluding hydrogens is 673 g/mol. The predicted molar refractivity (Wildman–Crippen MR) is 219 cm³/mol. The summed E-state index contributed by atoms with van der Waals surface area (Å²) in [6.45, 7) is 0. The average Bonchev–Trinajstić information content (AvgIpc) is 3.96. The number of nitrogens with zero attached hydrogens (tertiary/aromatic N) is 4. The summed E-state index contributed by atoms with van der Waals surface area (Å²) in [4.78, 5) is 19.2. The summed E-state index contributed by atoms with van der Waals surface area (Å²) in [5.41, 5.74) is 16.5. The molecule has 0 saturated heterocycles. The van der Waals surface area contributed by atoms with Crippen molar-refractivity contribution in [2.75, 3.05) is 0 Å². The van der Waals surface area contributed by atoms with E-state index < -0.39 is 0 Å². The lowest BCUT2D eigenvalue weighted by Gasteiger charge is -2.18. The Balaban J connectivity index is 1.20. The van der Waals surface area contributed by atoms with Crippen LogP contribution in [0.3, 0.4) is 0 Å². The third-order valence-electron chi connectivity index (χ3n) is 9.83. The minimum absolute atomic E-state index is 0.908. The van der Waals surface area contributed by atoms with Crippen molar-refractivity contribution in [1.29, 1.82) is 0 Å². The average molecular weight is 701 g/mol. The first-order valence-electron chi connectivity index (χ1n) is 17.1. The van der Waals surface area contributed by atoms with Crippen LogP contribution in [-0.2, 0) is 0 Å². The maximum atomic E-state index is 5.00. The van der Waals surface area contributed by atoms with Gasteiger partial charge in [-0.25, -0.2) is 9.97 Å². The smallest absolute Gasteiger partial charge is 0.0812 e. The molecule has 0 atom stereocenters. The van der Waals surface area contributed by atoms with Crippen molar-refractivity contribution in [3.05, 3.63) is 168 Å². The summed E-state index contributed by atoms with van der Waals surface area (Å²) < 4.78 is 0. The standard InChI is InChI=1S/C46H28N4S2/c1-2-8-35-30(6-1)7-5-11-36(35)31-14-12-29(13-15-31)32-16-17-39-40(22-32)46(42-24-34(19-21-48-42)44-26-52-28-50-44)38-10-4-3-9-37(38)45(39)41-23-33(18-20-47-41)43-25-51-27-49-43/h1-28H. The highest BCUT2D eigenvalue weighted by Gasteiger charge is 2.20. The molecule has 0 spiro atoms. The van der Waals surface area contributed by atoms with Gasteiger partial charge in [0.05, 0.1) is 33.8 Å². The number of hydrogen-bond donors (Lipinski definition) is 0. The molecule has 0 aliphatic rings. The molecule has 4 heterocycles. The van der Waals surface area contributed by atoms with Crippen LogP contribution in [0.2, 0.25) is 0 Å². The first-order valence-corrected chi connectivity index (χ1v) is 18.9. The van der Waals surface area contributed by atoms with Crippen molar-refractivity contribution in [3.8, 4) is 67.3 Å². The molecule has 52 heavy (non-hydrogen) atoms. The van der Waals surface area contributed by atoms with Crippen LogP contribution in [-0.4, -0.2) is 19.9 Å². The largest absolute Gasteiger partial charge is 0.256 e. The number of rotatable bonds is 6. The molecule has 0 radical (unpaired) electrons. The lowest BCUT2D eigenvalue weighted by Crippen LogP contribution is -1.95. The van der Waals surface area contributed by atoms with E-state index in [-0.39, 0.29) is 0 Å². The molecular formula is C46H28N4S2. The van der Waals surface area contributed by atoms with Crippen LogP contribution in [0.1, 0.15) is 0 Å². The van der Waals surface area contributed by atoms with Gasteiger partial charge in [0.15, 0.2) is 0 Å². The van der Waals surface area contributed by atoms with Gasteiger partial charge in [0.25, 0.3) is 0 Å². The molecule has 10 aromatic rings. The number of benzene rings is 6. The van der Waals surface area contributed by atoms with Crippen LogP contribution in [0, 0.1) is 0 Å². The normalized spacial score (nSPS) is 11.5. The molecule has 4 aromatic heterocycles. The molecule has 0 unspecified atom stereocenters. The number of thiazole rings is 2. The first kappa shape index (κ1) is 30.5. The van der Waals surface area contributed by atoms with Crippen LogP contribution in [0.25, 0.3) is 99.6 Å². The van der Waals surface area contributed by atoms with Crippen molar-refractivity contribution in [1.82, 2.24) is 19.9 Å². The van der Waals surface area contributed by atoms with Gasteiger partial charge >= 0.3 is 0 Å². The van der Waals surface area contributed by atoms with E-state index in [9.17, 15) is 0 Å². The van der Waals surface area contributed by atoms with E-state index in [1.165, 1.54) is 21.9 Å². The molecule has 0 amide bonds. The number of pyridine rings is 2. The van der Waals surface area contributed by atoms with Crippen molar-refractivity contribution in [2.45, 2.75) is 0 Å². The van der Waals surface area contributed by atoms with E-state index in [4.69, 9.17) is 9.97 Å². The van der Waals surface area contributed by atoms with E-state index in [2.05, 4.69) is 142 Å². The number of fused-ring (bicyclic) bond motifs is 3. The predicted octanol–water partition coefficient (Wildman–Crippen LogP) is 12.9. The quantitative estimate of drug-likeness (QED) is 0.162. The van der Waals surface area contributed by atoms with Crippen molar-refractivity contribution >= 4 is 55.0 Å². The second kappa shape index (κ2) is 12.8. The van der Waals surface area contributed by atoms with Crippen molar-refractivity contribution in [2.24, 2.45) is 0 Å². The van der Waals surface area contributed by atoms with E-state index in [0.717, 1.165) is 77.7 Å². The number of hydrogen-bond acceptors (Lipinski definition) is 6. The monoisotopic (exact) mass is 700 g/mol. The minimum atomic E-state index is 0.908. The Morgan fingerprint density at radius 1 is 0.346 bits per heavy atom. The van der Waals surface area contributed by atoms with E-state index >= 15 is 0 Å². The zero-order chi connectivity index (χ0) is 34.4. The van der Waals surface area contributed by atoms with Gasteiger partial charge in [-0.15, -0.1) is 22.7 Å². The zero-order valence-corrected chi connectivity index (χ0v) is 29.4. The summed E-state index contributed by atoms with van der Waals surface area (Å²) >= 11 is 3.20. The Bertz CT molecular complexity index is 2890. The highest BCUT2D eigenvalue weighted by molar-refractivity contribution is 7.08. The van der Waals surface area contributed by atoms with Crippen LogP contribution in [0.4, 0.5) is 0 Å². The lowest BCUT2D eigenvalue weighted by molar-refractivity contribution is 1.31. The second-order valence-electron chi connectivity index (χ2n) is 12.8. The Hall–Kier alpha value is -6.34. The third-order valence-corrected chi connectivity index (χ3v) is 11.0. The fourth-order valence-electron chi connectivity index (χ4n) is 7.39. The molecule has 0 aliphatic heterocycles. The maximum Gasteiger partial charge on any atom is 0.0812 e. The summed E-state index contributed by atoms with van der Waals surface area (Å²) in [6, 6.07) is 47.9. The zero-order valence-electron chi connectivity index (χ0n) is 27.8. The van der Waals surface area contributed by atoms with E-state index in [1.54, 1.807) is 22.7 Å². The second-order valence-corrected chi connectivity index (χ2v) is 14.2. The first-order chi connectivity index (χ1) is 25.8. The Morgan fingerprint density at radius 3 is 1.52 bits per heavy atom. The molecule has 6 heteroatoms. The summed E-state index contributed by atoms with van der Waals surface area (Å²) in [5, 5.41) is 11.1. The lowest BCUT2D eigenvalue weighted by atomic mass is 9.86. The minimum Gasteiger partial charge on any atom is -0.256 e. The van der Waals surface area contributed by atoms with Crippen molar-refractivity contribution < 1.29 is 0 Å². The van der Waals surface area contributed by atoms with Gasteiger partial charge in [0.1, 0.15) is 0 Å². The molecule has 0 bridgehead atoms.